The first-order valence-corrected chi connectivity index (χ1v) is 10.1. The van der Waals surface area contributed by atoms with Crippen molar-refractivity contribution in [3.05, 3.63) is 22.8 Å². The summed E-state index contributed by atoms with van der Waals surface area (Å²) < 4.78 is 6.00. The molecule has 1 saturated carbocycles. The second-order valence-electron chi connectivity index (χ2n) is 6.52. The van der Waals surface area contributed by atoms with E-state index in [-0.39, 0.29) is 36.5 Å². The van der Waals surface area contributed by atoms with Crippen LogP contribution in [-0.2, 0) is 0 Å². The largest absolute Gasteiger partial charge is 0.474 e. The maximum Gasteiger partial charge on any atom is 0.257 e. The maximum absolute atomic E-state index is 12.7. The first-order valence-electron chi connectivity index (χ1n) is 8.58. The third-order valence-corrected chi connectivity index (χ3v) is 5.87. The summed E-state index contributed by atoms with van der Waals surface area (Å²) in [5.41, 5.74) is 6.35. The van der Waals surface area contributed by atoms with Crippen LogP contribution in [0.3, 0.4) is 0 Å². The number of hydrogen-bond donors (Lipinski definition) is 2. The van der Waals surface area contributed by atoms with Gasteiger partial charge in [0.1, 0.15) is 11.7 Å². The van der Waals surface area contributed by atoms with Gasteiger partial charge in [0, 0.05) is 18.3 Å². The Kier molecular flexibility index (Phi) is 8.13. The standard InChI is InChI=1S/C17H24ClN3O2S.ClH/c18-11-9-15(16(22)21-13-3-1-12(19)2-4-13)17(20-10-11)23-14-5-7-24-8-6-14;/h9-10,12-14H,1-8,19H2,(H,21,22);1H. The van der Waals surface area contributed by atoms with E-state index in [0.717, 1.165) is 50.0 Å². The van der Waals surface area contributed by atoms with Gasteiger partial charge in [-0.05, 0) is 56.1 Å². The van der Waals surface area contributed by atoms with E-state index in [0.29, 0.717) is 16.5 Å². The van der Waals surface area contributed by atoms with Crippen LogP contribution in [0.25, 0.3) is 0 Å². The summed E-state index contributed by atoms with van der Waals surface area (Å²) in [5.74, 6) is 2.40. The van der Waals surface area contributed by atoms with Crippen LogP contribution in [0.1, 0.15) is 48.9 Å². The molecule has 0 radical (unpaired) electrons. The summed E-state index contributed by atoms with van der Waals surface area (Å²) in [6.45, 7) is 0. The van der Waals surface area contributed by atoms with Gasteiger partial charge in [0.05, 0.1) is 5.02 Å². The van der Waals surface area contributed by atoms with E-state index >= 15 is 0 Å². The summed E-state index contributed by atoms with van der Waals surface area (Å²) >= 11 is 7.98. The average Bonchev–Trinajstić information content (AvgIpc) is 2.59. The Morgan fingerprint density at radius 3 is 2.60 bits per heavy atom. The Balaban J connectivity index is 0.00000225. The highest BCUT2D eigenvalue weighted by Gasteiger charge is 2.24. The summed E-state index contributed by atoms with van der Waals surface area (Å²) in [7, 11) is 0. The second-order valence-corrected chi connectivity index (χ2v) is 8.18. The van der Waals surface area contributed by atoms with Crippen LogP contribution in [0.2, 0.25) is 5.02 Å². The highest BCUT2D eigenvalue weighted by atomic mass is 35.5. The number of nitrogens with one attached hydrogen (secondary N) is 1. The van der Waals surface area contributed by atoms with Crippen molar-refractivity contribution in [3.8, 4) is 5.88 Å². The average molecular weight is 406 g/mol. The number of pyridine rings is 1. The Morgan fingerprint density at radius 2 is 1.92 bits per heavy atom. The number of halogens is 2. The Bertz CT molecular complexity index is 577. The van der Waals surface area contributed by atoms with Gasteiger partial charge >= 0.3 is 0 Å². The van der Waals surface area contributed by atoms with Crippen LogP contribution in [0.5, 0.6) is 5.88 Å². The van der Waals surface area contributed by atoms with Crippen molar-refractivity contribution in [3.63, 3.8) is 0 Å². The number of carbonyl (C=O) groups excluding carboxylic acids is 1. The lowest BCUT2D eigenvalue weighted by molar-refractivity contribution is 0.0915. The fraction of sp³-hybridized carbons (Fsp3) is 0.647. The monoisotopic (exact) mass is 405 g/mol. The maximum atomic E-state index is 12.7. The molecular weight excluding hydrogens is 381 g/mol. The van der Waals surface area contributed by atoms with E-state index in [4.69, 9.17) is 22.1 Å². The molecular formula is C17H25Cl2N3O2S. The Morgan fingerprint density at radius 1 is 1.24 bits per heavy atom. The molecule has 1 aromatic rings. The number of hydrogen-bond acceptors (Lipinski definition) is 5. The molecule has 2 fully saturated rings. The fourth-order valence-corrected chi connectivity index (χ4v) is 4.38. The summed E-state index contributed by atoms with van der Waals surface area (Å²) in [4.78, 5) is 16.9. The smallest absolute Gasteiger partial charge is 0.257 e. The van der Waals surface area contributed by atoms with Gasteiger partial charge in [-0.2, -0.15) is 11.8 Å². The minimum Gasteiger partial charge on any atom is -0.474 e. The van der Waals surface area contributed by atoms with E-state index in [1.54, 1.807) is 6.07 Å². The van der Waals surface area contributed by atoms with Gasteiger partial charge in [-0.3, -0.25) is 4.79 Å². The van der Waals surface area contributed by atoms with Gasteiger partial charge in [0.2, 0.25) is 5.88 Å². The lowest BCUT2D eigenvalue weighted by atomic mass is 9.91. The summed E-state index contributed by atoms with van der Waals surface area (Å²) in [6.07, 6.45) is 7.34. The number of rotatable bonds is 4. The molecule has 140 valence electrons. The van der Waals surface area contributed by atoms with Gasteiger partial charge in [0.25, 0.3) is 5.91 Å². The van der Waals surface area contributed by atoms with Gasteiger partial charge in [-0.15, -0.1) is 12.4 Å². The molecule has 3 rings (SSSR count). The topological polar surface area (TPSA) is 77.2 Å². The molecule has 25 heavy (non-hydrogen) atoms. The molecule has 0 atom stereocenters. The van der Waals surface area contributed by atoms with E-state index < -0.39 is 0 Å². The lowest BCUT2D eigenvalue weighted by Gasteiger charge is -2.27. The van der Waals surface area contributed by atoms with Crippen LogP contribution in [0.4, 0.5) is 0 Å². The highest BCUT2D eigenvalue weighted by molar-refractivity contribution is 7.99. The van der Waals surface area contributed by atoms with Crippen LogP contribution < -0.4 is 15.8 Å². The quantitative estimate of drug-likeness (QED) is 0.801. The molecule has 1 amide bonds. The van der Waals surface area contributed by atoms with Crippen LogP contribution in [0, 0.1) is 0 Å². The highest BCUT2D eigenvalue weighted by Crippen LogP contribution is 2.26. The van der Waals surface area contributed by atoms with Gasteiger partial charge in [-0.25, -0.2) is 4.98 Å². The number of nitrogens with zero attached hydrogens (tertiary/aromatic N) is 1. The van der Waals surface area contributed by atoms with Crippen molar-refractivity contribution in [1.82, 2.24) is 10.3 Å². The molecule has 8 heteroatoms. The van der Waals surface area contributed by atoms with Crippen LogP contribution in [-0.4, -0.2) is 40.6 Å². The Hall–Kier alpha value is -0.690. The lowest BCUT2D eigenvalue weighted by Crippen LogP contribution is -2.40. The van der Waals surface area contributed by atoms with Gasteiger partial charge in [-0.1, -0.05) is 11.6 Å². The molecule has 0 spiro atoms. The molecule has 0 bridgehead atoms. The first-order chi connectivity index (χ1) is 11.6. The van der Waals surface area contributed by atoms with Crippen molar-refractivity contribution in [2.24, 2.45) is 5.73 Å². The SMILES string of the molecule is Cl.NC1CCC(NC(=O)c2cc(Cl)cnc2OC2CCSCC2)CC1. The number of amides is 1. The normalized spacial score (nSPS) is 24.2. The number of aromatic nitrogens is 1. The number of ether oxygens (including phenoxy) is 1. The van der Waals surface area contributed by atoms with E-state index in [1.165, 1.54) is 6.20 Å². The number of thioether (sulfide) groups is 1. The molecule has 5 nitrogen and oxygen atoms in total. The zero-order valence-electron chi connectivity index (χ0n) is 14.1. The molecule has 1 aliphatic heterocycles. The third kappa shape index (κ3) is 5.91. The zero-order chi connectivity index (χ0) is 16.9. The molecule has 0 aromatic carbocycles. The summed E-state index contributed by atoms with van der Waals surface area (Å²) in [6, 6.07) is 2.06. The molecule has 0 unspecified atom stereocenters. The minimum absolute atomic E-state index is 0. The molecule has 2 heterocycles. The number of carbonyl (C=O) groups is 1. The number of nitrogens with two attached hydrogens (primary N) is 1. The van der Waals surface area contributed by atoms with Gasteiger partial charge < -0.3 is 15.8 Å². The van der Waals surface area contributed by atoms with Crippen LogP contribution in [0.15, 0.2) is 12.3 Å². The van der Waals surface area contributed by atoms with Gasteiger partial charge in [0.15, 0.2) is 0 Å². The second kappa shape index (κ2) is 9.86. The predicted molar refractivity (Wildman–Crippen MR) is 105 cm³/mol. The van der Waals surface area contributed by atoms with Crippen molar-refractivity contribution in [1.29, 1.82) is 0 Å². The third-order valence-electron chi connectivity index (χ3n) is 4.62. The fourth-order valence-electron chi connectivity index (χ4n) is 3.16. The predicted octanol–water partition coefficient (Wildman–Crippen LogP) is 3.43. The van der Waals surface area contributed by atoms with Crippen molar-refractivity contribution in [2.45, 2.75) is 56.7 Å². The Labute approximate surface area is 164 Å². The molecule has 1 saturated heterocycles. The van der Waals surface area contributed by atoms with Crippen LogP contribution >= 0.6 is 35.8 Å². The van der Waals surface area contributed by atoms with Crippen molar-refractivity contribution < 1.29 is 9.53 Å². The summed E-state index contributed by atoms with van der Waals surface area (Å²) in [5, 5.41) is 3.53. The van der Waals surface area contributed by atoms with E-state index in [2.05, 4.69) is 10.3 Å². The molecule has 1 aromatic heterocycles. The van der Waals surface area contributed by atoms with E-state index in [1.807, 2.05) is 11.8 Å². The molecule has 1 aliphatic carbocycles. The first kappa shape index (κ1) is 20.6. The van der Waals surface area contributed by atoms with Crippen molar-refractivity contribution >= 4 is 41.7 Å². The molecule has 2 aliphatic rings. The minimum atomic E-state index is -0.161. The molecule has 3 N–H and O–H groups in total. The van der Waals surface area contributed by atoms with Crippen molar-refractivity contribution in [2.75, 3.05) is 11.5 Å². The van der Waals surface area contributed by atoms with E-state index in [9.17, 15) is 4.79 Å². The zero-order valence-corrected chi connectivity index (χ0v) is 16.5.